The van der Waals surface area contributed by atoms with E-state index < -0.39 is 17.5 Å². The van der Waals surface area contributed by atoms with E-state index >= 15 is 0 Å². The van der Waals surface area contributed by atoms with E-state index in [9.17, 15) is 14.4 Å². The van der Waals surface area contributed by atoms with Crippen molar-refractivity contribution in [2.45, 2.75) is 45.1 Å². The summed E-state index contributed by atoms with van der Waals surface area (Å²) in [5.74, 6) is -1.01. The second-order valence-corrected chi connectivity index (χ2v) is 6.72. The average Bonchev–Trinajstić information content (AvgIpc) is 2.36. The second kappa shape index (κ2) is 8.01. The SMILES string of the molecule is CC(=O)Oc1ccc(SCC(=O)OC(C)(C)C)cc1OC(C)=O. The van der Waals surface area contributed by atoms with Crippen LogP contribution in [-0.4, -0.2) is 29.3 Å². The van der Waals surface area contributed by atoms with Crippen LogP contribution in [0.2, 0.25) is 0 Å². The van der Waals surface area contributed by atoms with Crippen LogP contribution in [0.3, 0.4) is 0 Å². The minimum absolute atomic E-state index is 0.115. The van der Waals surface area contributed by atoms with E-state index in [1.165, 1.54) is 37.7 Å². The number of ether oxygens (including phenoxy) is 3. The van der Waals surface area contributed by atoms with Gasteiger partial charge in [-0.1, -0.05) is 0 Å². The Hall–Kier alpha value is -2.02. The quantitative estimate of drug-likeness (QED) is 0.463. The summed E-state index contributed by atoms with van der Waals surface area (Å²) in [6.45, 7) is 7.88. The van der Waals surface area contributed by atoms with Gasteiger partial charge in [0.25, 0.3) is 0 Å². The Morgan fingerprint density at radius 2 is 1.57 bits per heavy atom. The predicted octanol–water partition coefficient (Wildman–Crippen LogP) is 2.97. The van der Waals surface area contributed by atoms with Gasteiger partial charge in [-0.2, -0.15) is 0 Å². The van der Waals surface area contributed by atoms with Crippen molar-refractivity contribution < 1.29 is 28.6 Å². The highest BCUT2D eigenvalue weighted by atomic mass is 32.2. The molecule has 23 heavy (non-hydrogen) atoms. The van der Waals surface area contributed by atoms with Gasteiger partial charge in [0.1, 0.15) is 5.60 Å². The van der Waals surface area contributed by atoms with Gasteiger partial charge < -0.3 is 14.2 Å². The zero-order valence-corrected chi connectivity index (χ0v) is 14.6. The lowest BCUT2D eigenvalue weighted by atomic mass is 10.2. The van der Waals surface area contributed by atoms with Crippen LogP contribution in [0, 0.1) is 0 Å². The van der Waals surface area contributed by atoms with Crippen LogP contribution >= 0.6 is 11.8 Å². The van der Waals surface area contributed by atoms with Crippen LogP contribution in [0.25, 0.3) is 0 Å². The molecule has 0 aliphatic rings. The molecule has 0 heterocycles. The summed E-state index contributed by atoms with van der Waals surface area (Å²) < 4.78 is 15.2. The predicted molar refractivity (Wildman–Crippen MR) is 85.6 cm³/mol. The maximum Gasteiger partial charge on any atom is 0.316 e. The zero-order valence-electron chi connectivity index (χ0n) is 13.8. The summed E-state index contributed by atoms with van der Waals surface area (Å²) in [7, 11) is 0. The van der Waals surface area contributed by atoms with Crippen molar-refractivity contribution in [1.82, 2.24) is 0 Å². The fourth-order valence-electron chi connectivity index (χ4n) is 1.57. The third kappa shape index (κ3) is 7.69. The molecule has 0 radical (unpaired) electrons. The number of esters is 3. The molecule has 0 saturated carbocycles. The molecule has 0 amide bonds. The fraction of sp³-hybridized carbons (Fsp3) is 0.438. The van der Waals surface area contributed by atoms with Crippen LogP contribution in [0.1, 0.15) is 34.6 Å². The molecule has 0 atom stereocenters. The van der Waals surface area contributed by atoms with Gasteiger partial charge >= 0.3 is 17.9 Å². The summed E-state index contributed by atoms with van der Waals surface area (Å²) in [4.78, 5) is 34.6. The van der Waals surface area contributed by atoms with Gasteiger partial charge in [-0.05, 0) is 39.0 Å². The Bertz CT molecular complexity index is 603. The lowest BCUT2D eigenvalue weighted by molar-refractivity contribution is -0.151. The Morgan fingerprint density at radius 1 is 1.00 bits per heavy atom. The molecule has 0 aromatic heterocycles. The molecule has 0 fully saturated rings. The summed E-state index contributed by atoms with van der Waals surface area (Å²) in [5.41, 5.74) is -0.542. The van der Waals surface area contributed by atoms with Crippen molar-refractivity contribution in [1.29, 1.82) is 0 Å². The highest BCUT2D eigenvalue weighted by Gasteiger charge is 2.17. The third-order valence-corrected chi connectivity index (χ3v) is 3.17. The molecule has 7 heteroatoms. The van der Waals surface area contributed by atoms with Crippen LogP contribution in [0.5, 0.6) is 11.5 Å². The van der Waals surface area contributed by atoms with Gasteiger partial charge in [-0.15, -0.1) is 11.8 Å². The first-order valence-corrected chi connectivity index (χ1v) is 7.91. The minimum Gasteiger partial charge on any atom is -0.459 e. The Labute approximate surface area is 139 Å². The molecule has 0 saturated heterocycles. The van der Waals surface area contributed by atoms with Gasteiger partial charge in [0, 0.05) is 18.7 Å². The first-order valence-electron chi connectivity index (χ1n) is 6.92. The maximum absolute atomic E-state index is 11.7. The Kier molecular flexibility index (Phi) is 6.62. The minimum atomic E-state index is -0.542. The average molecular weight is 340 g/mol. The molecule has 0 aliphatic carbocycles. The van der Waals surface area contributed by atoms with Gasteiger partial charge in [0.05, 0.1) is 5.75 Å². The van der Waals surface area contributed by atoms with Crippen molar-refractivity contribution in [3.8, 4) is 11.5 Å². The molecule has 0 aliphatic heterocycles. The van der Waals surface area contributed by atoms with Crippen LogP contribution in [0.15, 0.2) is 23.1 Å². The zero-order chi connectivity index (χ0) is 17.6. The van der Waals surface area contributed by atoms with E-state index in [4.69, 9.17) is 14.2 Å². The van der Waals surface area contributed by atoms with Crippen LogP contribution in [-0.2, 0) is 19.1 Å². The lowest BCUT2D eigenvalue weighted by Gasteiger charge is -2.19. The van der Waals surface area contributed by atoms with E-state index in [1.54, 1.807) is 26.8 Å². The lowest BCUT2D eigenvalue weighted by Crippen LogP contribution is -2.24. The van der Waals surface area contributed by atoms with E-state index in [2.05, 4.69) is 0 Å². The molecular weight excluding hydrogens is 320 g/mol. The van der Waals surface area contributed by atoms with Gasteiger partial charge in [0.2, 0.25) is 0 Å². The molecule has 126 valence electrons. The molecule has 1 aromatic rings. The standard InChI is InChI=1S/C16H20O6S/c1-10(17)20-13-7-6-12(8-14(13)21-11(2)18)23-9-15(19)22-16(3,4)5/h6-8H,9H2,1-5H3. The Morgan fingerprint density at radius 3 is 2.09 bits per heavy atom. The smallest absolute Gasteiger partial charge is 0.316 e. The molecule has 0 unspecified atom stereocenters. The largest absolute Gasteiger partial charge is 0.459 e. The number of carbonyl (C=O) groups excluding carboxylic acids is 3. The second-order valence-electron chi connectivity index (χ2n) is 5.67. The number of hydrogen-bond acceptors (Lipinski definition) is 7. The molecule has 1 aromatic carbocycles. The topological polar surface area (TPSA) is 78.9 Å². The molecule has 0 bridgehead atoms. The number of benzene rings is 1. The normalized spacial score (nSPS) is 10.8. The van der Waals surface area contributed by atoms with Crippen molar-refractivity contribution in [3.05, 3.63) is 18.2 Å². The number of hydrogen-bond donors (Lipinski definition) is 0. The number of thioether (sulfide) groups is 1. The van der Waals surface area contributed by atoms with E-state index in [1.807, 2.05) is 0 Å². The maximum atomic E-state index is 11.7. The monoisotopic (exact) mass is 340 g/mol. The Balaban J connectivity index is 2.82. The van der Waals surface area contributed by atoms with E-state index in [0.717, 1.165) is 0 Å². The summed E-state index contributed by atoms with van der Waals surface area (Å²) in [6.07, 6.45) is 0. The molecule has 6 nitrogen and oxygen atoms in total. The van der Waals surface area contributed by atoms with Crippen molar-refractivity contribution in [3.63, 3.8) is 0 Å². The molecule has 1 rings (SSSR count). The van der Waals surface area contributed by atoms with Crippen LogP contribution < -0.4 is 9.47 Å². The van der Waals surface area contributed by atoms with Crippen molar-refractivity contribution in [2.75, 3.05) is 5.75 Å². The fourth-order valence-corrected chi connectivity index (χ4v) is 2.26. The molecule has 0 spiro atoms. The van der Waals surface area contributed by atoms with Gasteiger partial charge in [0.15, 0.2) is 11.5 Å². The summed E-state index contributed by atoms with van der Waals surface area (Å²) in [5, 5.41) is 0. The summed E-state index contributed by atoms with van der Waals surface area (Å²) in [6, 6.07) is 4.71. The van der Waals surface area contributed by atoms with Crippen molar-refractivity contribution in [2.24, 2.45) is 0 Å². The number of rotatable bonds is 5. The highest BCUT2D eigenvalue weighted by molar-refractivity contribution is 8.00. The molecule has 0 N–H and O–H groups in total. The number of carbonyl (C=O) groups is 3. The first kappa shape index (κ1) is 19.0. The molecular formula is C16H20O6S. The van der Waals surface area contributed by atoms with E-state index in [0.29, 0.717) is 4.90 Å². The van der Waals surface area contributed by atoms with Gasteiger partial charge in [-0.3, -0.25) is 14.4 Å². The van der Waals surface area contributed by atoms with E-state index in [-0.39, 0.29) is 23.2 Å². The van der Waals surface area contributed by atoms with Gasteiger partial charge in [-0.25, -0.2) is 0 Å². The van der Waals surface area contributed by atoms with Crippen molar-refractivity contribution >= 4 is 29.7 Å². The first-order chi connectivity index (χ1) is 10.6. The summed E-state index contributed by atoms with van der Waals surface area (Å²) >= 11 is 1.23. The highest BCUT2D eigenvalue weighted by Crippen LogP contribution is 2.33. The van der Waals surface area contributed by atoms with Crippen LogP contribution in [0.4, 0.5) is 0 Å². The third-order valence-electron chi connectivity index (χ3n) is 2.20.